The van der Waals surface area contributed by atoms with Crippen LogP contribution < -0.4 is 10.0 Å². The molecule has 2 heterocycles. The van der Waals surface area contributed by atoms with Gasteiger partial charge in [-0.2, -0.15) is 5.10 Å². The van der Waals surface area contributed by atoms with Crippen molar-refractivity contribution in [3.63, 3.8) is 0 Å². The van der Waals surface area contributed by atoms with Crippen LogP contribution in [-0.2, 0) is 17.1 Å². The molecule has 0 aliphatic rings. The van der Waals surface area contributed by atoms with Crippen molar-refractivity contribution in [2.24, 2.45) is 7.05 Å². The van der Waals surface area contributed by atoms with E-state index in [1.165, 1.54) is 28.9 Å². The maximum atomic E-state index is 12.5. The van der Waals surface area contributed by atoms with Gasteiger partial charge in [0.15, 0.2) is 5.69 Å². The van der Waals surface area contributed by atoms with Crippen LogP contribution in [0.2, 0.25) is 0 Å². The molecule has 0 unspecified atom stereocenters. The summed E-state index contributed by atoms with van der Waals surface area (Å²) in [5.74, 6) is -0.403. The molecule has 1 amide bonds. The molecule has 9 nitrogen and oxygen atoms in total. The number of carbonyl (C=O) groups excluding carboxylic acids is 1. The molecule has 0 radical (unpaired) electrons. The van der Waals surface area contributed by atoms with Gasteiger partial charge >= 0.3 is 0 Å². The zero-order chi connectivity index (χ0) is 20.5. The highest BCUT2D eigenvalue weighted by Crippen LogP contribution is 2.19. The molecule has 0 bridgehead atoms. The predicted molar refractivity (Wildman–Crippen MR) is 108 cm³/mol. The van der Waals surface area contributed by atoms with E-state index in [2.05, 4.69) is 41.0 Å². The molecule has 1 aromatic carbocycles. The first kappa shape index (κ1) is 20.0. The van der Waals surface area contributed by atoms with Gasteiger partial charge in [-0.15, -0.1) is 0 Å². The maximum Gasteiger partial charge on any atom is 0.277 e. The van der Waals surface area contributed by atoms with Gasteiger partial charge in [0.1, 0.15) is 0 Å². The van der Waals surface area contributed by atoms with Crippen LogP contribution in [0.1, 0.15) is 21.9 Å². The average molecular weight is 465 g/mol. The first-order chi connectivity index (χ1) is 13.1. The first-order valence-corrected chi connectivity index (χ1v) is 10.4. The number of aromatic nitrogens is 4. The van der Waals surface area contributed by atoms with Crippen molar-refractivity contribution in [2.75, 3.05) is 10.0 Å². The zero-order valence-corrected chi connectivity index (χ0v) is 17.7. The first-order valence-electron chi connectivity index (χ1n) is 8.10. The lowest BCUT2D eigenvalue weighted by atomic mass is 10.3. The summed E-state index contributed by atoms with van der Waals surface area (Å²) >= 11 is 3.27. The van der Waals surface area contributed by atoms with Gasteiger partial charge in [-0.3, -0.25) is 9.48 Å². The molecule has 0 saturated carbocycles. The Hall–Kier alpha value is -2.79. The summed E-state index contributed by atoms with van der Waals surface area (Å²) in [6.07, 6.45) is 1.66. The molecule has 11 heteroatoms. The van der Waals surface area contributed by atoms with Gasteiger partial charge < -0.3 is 5.32 Å². The van der Waals surface area contributed by atoms with Crippen molar-refractivity contribution in [3.8, 4) is 0 Å². The van der Waals surface area contributed by atoms with E-state index in [9.17, 15) is 13.2 Å². The largest absolute Gasteiger partial charge is 0.321 e. The summed E-state index contributed by atoms with van der Waals surface area (Å²) in [4.78, 5) is 20.4. The Morgan fingerprint density at radius 2 is 1.71 bits per heavy atom. The van der Waals surface area contributed by atoms with Gasteiger partial charge in [0.25, 0.3) is 15.9 Å². The van der Waals surface area contributed by atoms with E-state index < -0.39 is 15.9 Å². The van der Waals surface area contributed by atoms with Crippen molar-refractivity contribution >= 4 is 43.5 Å². The number of benzene rings is 1. The molecule has 2 aromatic heterocycles. The Balaban J connectivity index is 1.75. The SMILES string of the molecule is Cc1cc(C)nc(NS(=O)(=O)c2ccc(NC(=O)c3nn(C)cc3Br)cc2)n1. The maximum absolute atomic E-state index is 12.5. The molecule has 2 N–H and O–H groups in total. The number of rotatable bonds is 5. The van der Waals surface area contributed by atoms with E-state index in [0.717, 1.165) is 0 Å². The molecule has 0 aliphatic heterocycles. The van der Waals surface area contributed by atoms with Crippen molar-refractivity contribution in [3.05, 3.63) is 58.1 Å². The number of amides is 1. The fraction of sp³-hybridized carbons (Fsp3) is 0.176. The fourth-order valence-corrected chi connectivity index (χ4v) is 3.97. The monoisotopic (exact) mass is 464 g/mol. The predicted octanol–water partition coefficient (Wildman–Crippen LogP) is 2.64. The van der Waals surface area contributed by atoms with Gasteiger partial charge in [0.05, 0.1) is 9.37 Å². The topological polar surface area (TPSA) is 119 Å². The second-order valence-corrected chi connectivity index (χ2v) is 8.59. The van der Waals surface area contributed by atoms with Gasteiger partial charge in [0, 0.05) is 30.3 Å². The fourth-order valence-electron chi connectivity index (χ4n) is 2.47. The van der Waals surface area contributed by atoms with Crippen LogP contribution in [0.4, 0.5) is 11.6 Å². The van der Waals surface area contributed by atoms with E-state index in [4.69, 9.17) is 0 Å². The van der Waals surface area contributed by atoms with E-state index in [-0.39, 0.29) is 16.5 Å². The van der Waals surface area contributed by atoms with Crippen LogP contribution in [0.15, 0.2) is 45.9 Å². The minimum atomic E-state index is -3.86. The standard InChI is InChI=1S/C17H17BrN6O3S/c1-10-8-11(2)20-17(19-10)23-28(26,27)13-6-4-12(5-7-13)21-16(25)15-14(18)9-24(3)22-15/h4-9H,1-3H3,(H,21,25)(H,19,20,23). The van der Waals surface area contributed by atoms with Crippen molar-refractivity contribution in [2.45, 2.75) is 18.7 Å². The van der Waals surface area contributed by atoms with Crippen molar-refractivity contribution in [1.82, 2.24) is 19.7 Å². The lowest BCUT2D eigenvalue weighted by molar-refractivity contribution is 0.102. The molecule has 0 saturated heterocycles. The van der Waals surface area contributed by atoms with E-state index in [0.29, 0.717) is 21.5 Å². The molecule has 146 valence electrons. The smallest absolute Gasteiger partial charge is 0.277 e. The summed E-state index contributed by atoms with van der Waals surface area (Å²) in [5, 5.41) is 6.73. The number of nitrogens with one attached hydrogen (secondary N) is 2. The lowest BCUT2D eigenvalue weighted by Crippen LogP contribution is -2.16. The molecule has 0 spiro atoms. The van der Waals surface area contributed by atoms with Gasteiger partial charge in [-0.1, -0.05) is 0 Å². The third-order valence-corrected chi connectivity index (χ3v) is 5.55. The Morgan fingerprint density at radius 3 is 2.25 bits per heavy atom. The van der Waals surface area contributed by atoms with E-state index >= 15 is 0 Å². The Labute approximate surface area is 170 Å². The third-order valence-electron chi connectivity index (χ3n) is 3.63. The van der Waals surface area contributed by atoms with E-state index in [1.807, 2.05) is 0 Å². The third kappa shape index (κ3) is 4.54. The number of sulfonamides is 1. The summed E-state index contributed by atoms with van der Waals surface area (Å²) < 4.78 is 29.5. The number of anilines is 2. The molecule has 0 aliphatic carbocycles. The highest BCUT2D eigenvalue weighted by Gasteiger charge is 2.18. The molecule has 28 heavy (non-hydrogen) atoms. The molecule has 0 fully saturated rings. The molecular formula is C17H17BrN6O3S. The minimum absolute atomic E-state index is 0.00915. The van der Waals surface area contributed by atoms with Gasteiger partial charge in [0.2, 0.25) is 5.95 Å². The Kier molecular flexibility index (Phi) is 5.47. The van der Waals surface area contributed by atoms with Crippen LogP contribution in [0.5, 0.6) is 0 Å². The summed E-state index contributed by atoms with van der Waals surface area (Å²) in [5.41, 5.74) is 1.98. The minimum Gasteiger partial charge on any atom is -0.321 e. The summed E-state index contributed by atoms with van der Waals surface area (Å²) in [7, 11) is -2.16. The molecular weight excluding hydrogens is 448 g/mol. The second kappa shape index (κ2) is 7.68. The van der Waals surface area contributed by atoms with Crippen molar-refractivity contribution < 1.29 is 13.2 Å². The normalized spacial score (nSPS) is 11.3. The average Bonchev–Trinajstić information content (AvgIpc) is 2.92. The lowest BCUT2D eigenvalue weighted by Gasteiger charge is -2.09. The van der Waals surface area contributed by atoms with Crippen LogP contribution in [-0.4, -0.2) is 34.1 Å². The highest BCUT2D eigenvalue weighted by atomic mass is 79.9. The summed E-state index contributed by atoms with van der Waals surface area (Å²) in [6, 6.07) is 7.49. The van der Waals surface area contributed by atoms with Gasteiger partial charge in [-0.05, 0) is 60.1 Å². The molecule has 0 atom stereocenters. The number of hydrogen-bond acceptors (Lipinski definition) is 6. The summed E-state index contributed by atoms with van der Waals surface area (Å²) in [6.45, 7) is 3.51. The number of carbonyl (C=O) groups is 1. The number of nitrogens with zero attached hydrogens (tertiary/aromatic N) is 4. The van der Waals surface area contributed by atoms with Gasteiger partial charge in [-0.25, -0.2) is 23.1 Å². The van der Waals surface area contributed by atoms with E-state index in [1.54, 1.807) is 33.2 Å². The number of hydrogen-bond donors (Lipinski definition) is 2. The molecule has 3 rings (SSSR count). The highest BCUT2D eigenvalue weighted by molar-refractivity contribution is 9.10. The van der Waals surface area contributed by atoms with Crippen LogP contribution in [0.3, 0.4) is 0 Å². The Bertz CT molecular complexity index is 1120. The number of halogens is 1. The van der Waals surface area contributed by atoms with Crippen LogP contribution >= 0.6 is 15.9 Å². The molecule has 3 aromatic rings. The second-order valence-electron chi connectivity index (χ2n) is 6.06. The van der Waals surface area contributed by atoms with Crippen LogP contribution in [0.25, 0.3) is 0 Å². The zero-order valence-electron chi connectivity index (χ0n) is 15.3. The van der Waals surface area contributed by atoms with Crippen LogP contribution in [0, 0.1) is 13.8 Å². The Morgan fingerprint density at radius 1 is 1.11 bits per heavy atom. The van der Waals surface area contributed by atoms with Crippen molar-refractivity contribution in [1.29, 1.82) is 0 Å². The quantitative estimate of drug-likeness (QED) is 0.598. The number of aryl methyl sites for hydroxylation is 3.